The van der Waals surface area contributed by atoms with Gasteiger partial charge in [0.2, 0.25) is 0 Å². The highest BCUT2D eigenvalue weighted by Crippen LogP contribution is 2.19. The van der Waals surface area contributed by atoms with Crippen LogP contribution in [0.4, 0.5) is 0 Å². The van der Waals surface area contributed by atoms with Crippen molar-refractivity contribution in [2.24, 2.45) is 0 Å². The highest BCUT2D eigenvalue weighted by atomic mass is 16.5. The molecule has 0 unspecified atom stereocenters. The van der Waals surface area contributed by atoms with E-state index in [4.69, 9.17) is 4.74 Å². The van der Waals surface area contributed by atoms with E-state index in [2.05, 4.69) is 25.9 Å². The standard InChI is InChI=1S/C11H13N5O2/c1-7-3-4-9(18-2)8(5-7)11(17)12-6-10-13-15-16-14-10/h3-5H,6H2,1-2H3,(H,12,17)(H,13,14,15,16). The lowest BCUT2D eigenvalue weighted by atomic mass is 10.1. The van der Waals surface area contributed by atoms with Gasteiger partial charge in [-0.15, -0.1) is 10.2 Å². The fraction of sp³-hybridized carbons (Fsp3) is 0.273. The normalized spacial score (nSPS) is 10.1. The Bertz CT molecular complexity index is 538. The minimum absolute atomic E-state index is 0.215. The van der Waals surface area contributed by atoms with Crippen LogP contribution < -0.4 is 10.1 Å². The van der Waals surface area contributed by atoms with Gasteiger partial charge in [-0.2, -0.15) is 5.21 Å². The zero-order valence-corrected chi connectivity index (χ0v) is 10.1. The zero-order valence-electron chi connectivity index (χ0n) is 10.1. The Morgan fingerprint density at radius 1 is 1.50 bits per heavy atom. The molecule has 0 bridgehead atoms. The summed E-state index contributed by atoms with van der Waals surface area (Å²) in [6, 6.07) is 5.41. The molecule has 0 spiro atoms. The van der Waals surface area contributed by atoms with Gasteiger partial charge in [-0.3, -0.25) is 4.79 Å². The molecule has 0 saturated carbocycles. The van der Waals surface area contributed by atoms with Gasteiger partial charge < -0.3 is 10.1 Å². The summed E-state index contributed by atoms with van der Waals surface area (Å²) in [6.45, 7) is 2.13. The van der Waals surface area contributed by atoms with Gasteiger partial charge in [-0.25, -0.2) is 0 Å². The number of methoxy groups -OCH3 is 1. The van der Waals surface area contributed by atoms with E-state index in [1.165, 1.54) is 7.11 Å². The molecule has 7 heteroatoms. The highest BCUT2D eigenvalue weighted by molar-refractivity contribution is 5.97. The maximum Gasteiger partial charge on any atom is 0.255 e. The van der Waals surface area contributed by atoms with E-state index < -0.39 is 0 Å². The molecule has 1 amide bonds. The van der Waals surface area contributed by atoms with E-state index in [1.54, 1.807) is 12.1 Å². The van der Waals surface area contributed by atoms with Crippen LogP contribution in [-0.2, 0) is 6.54 Å². The number of nitrogens with zero attached hydrogens (tertiary/aromatic N) is 3. The molecule has 2 rings (SSSR count). The summed E-state index contributed by atoms with van der Waals surface area (Å²) >= 11 is 0. The molecule has 0 radical (unpaired) electrons. The molecule has 0 saturated heterocycles. The van der Waals surface area contributed by atoms with Gasteiger partial charge in [0.15, 0.2) is 5.82 Å². The number of aromatic amines is 1. The Hall–Kier alpha value is -2.44. The third-order valence-electron chi connectivity index (χ3n) is 2.40. The molecule has 0 aliphatic heterocycles. The average molecular weight is 247 g/mol. The molecular formula is C11H13N5O2. The number of aromatic nitrogens is 4. The number of aryl methyl sites for hydroxylation is 1. The summed E-state index contributed by atoms with van der Waals surface area (Å²) in [4.78, 5) is 12.0. The summed E-state index contributed by atoms with van der Waals surface area (Å²) in [5.41, 5.74) is 1.47. The molecular weight excluding hydrogens is 234 g/mol. The van der Waals surface area contributed by atoms with E-state index >= 15 is 0 Å². The second-order valence-electron chi connectivity index (χ2n) is 3.71. The largest absolute Gasteiger partial charge is 0.496 e. The number of hydrogen-bond donors (Lipinski definition) is 2. The highest BCUT2D eigenvalue weighted by Gasteiger charge is 2.12. The molecule has 0 aliphatic rings. The summed E-state index contributed by atoms with van der Waals surface area (Å²) < 4.78 is 5.15. The number of H-pyrrole nitrogens is 1. The van der Waals surface area contributed by atoms with E-state index in [-0.39, 0.29) is 12.5 Å². The SMILES string of the molecule is COc1ccc(C)cc1C(=O)NCc1nn[nH]n1. The average Bonchev–Trinajstić information content (AvgIpc) is 2.89. The quantitative estimate of drug-likeness (QED) is 0.818. The van der Waals surface area contributed by atoms with Gasteiger partial charge in [-0.05, 0) is 19.1 Å². The Balaban J connectivity index is 2.10. The summed E-state index contributed by atoms with van der Waals surface area (Å²) in [5.74, 6) is 0.724. The van der Waals surface area contributed by atoms with Crippen LogP contribution in [0.15, 0.2) is 18.2 Å². The Kier molecular flexibility index (Phi) is 3.52. The van der Waals surface area contributed by atoms with Gasteiger partial charge in [0, 0.05) is 0 Å². The second-order valence-corrected chi connectivity index (χ2v) is 3.71. The molecule has 7 nitrogen and oxygen atoms in total. The van der Waals surface area contributed by atoms with Gasteiger partial charge >= 0.3 is 0 Å². The van der Waals surface area contributed by atoms with Crippen molar-refractivity contribution in [1.29, 1.82) is 0 Å². The van der Waals surface area contributed by atoms with E-state index in [1.807, 2.05) is 13.0 Å². The lowest BCUT2D eigenvalue weighted by molar-refractivity contribution is 0.0947. The third kappa shape index (κ3) is 2.62. The molecule has 18 heavy (non-hydrogen) atoms. The minimum Gasteiger partial charge on any atom is -0.496 e. The molecule has 2 N–H and O–H groups in total. The van der Waals surface area contributed by atoms with Crippen LogP contribution in [0.5, 0.6) is 5.75 Å². The van der Waals surface area contributed by atoms with Crippen LogP contribution in [0.2, 0.25) is 0 Å². The van der Waals surface area contributed by atoms with E-state index in [0.717, 1.165) is 5.56 Å². The number of rotatable bonds is 4. The molecule has 0 fully saturated rings. The molecule has 0 atom stereocenters. The van der Waals surface area contributed by atoms with Crippen LogP contribution in [-0.4, -0.2) is 33.6 Å². The van der Waals surface area contributed by atoms with Gasteiger partial charge in [0.05, 0.1) is 19.2 Å². The first kappa shape index (κ1) is 12.0. The molecule has 1 aromatic carbocycles. The number of hydrogen-bond acceptors (Lipinski definition) is 5. The van der Waals surface area contributed by atoms with Gasteiger partial charge in [0.25, 0.3) is 5.91 Å². The first-order valence-corrected chi connectivity index (χ1v) is 5.36. The fourth-order valence-electron chi connectivity index (χ4n) is 1.51. The number of carbonyl (C=O) groups is 1. The maximum atomic E-state index is 12.0. The van der Waals surface area contributed by atoms with Crippen molar-refractivity contribution >= 4 is 5.91 Å². The van der Waals surface area contributed by atoms with Crippen LogP contribution in [0.1, 0.15) is 21.7 Å². The number of benzene rings is 1. The Morgan fingerprint density at radius 2 is 2.33 bits per heavy atom. The lowest BCUT2D eigenvalue weighted by Crippen LogP contribution is -2.24. The third-order valence-corrected chi connectivity index (χ3v) is 2.40. The predicted octanol–water partition coefficient (Wildman–Crippen LogP) is 0.447. The first-order chi connectivity index (χ1) is 8.70. The van der Waals surface area contributed by atoms with Crippen LogP contribution >= 0.6 is 0 Å². The van der Waals surface area contributed by atoms with Gasteiger partial charge in [0.1, 0.15) is 5.75 Å². The molecule has 1 heterocycles. The molecule has 1 aromatic heterocycles. The maximum absolute atomic E-state index is 12.0. The summed E-state index contributed by atoms with van der Waals surface area (Å²) in [6.07, 6.45) is 0. The number of amides is 1. The predicted molar refractivity (Wildman–Crippen MR) is 63.1 cm³/mol. The van der Waals surface area contributed by atoms with Crippen molar-refractivity contribution in [2.75, 3.05) is 7.11 Å². The minimum atomic E-state index is -0.236. The summed E-state index contributed by atoms with van der Waals surface area (Å²) in [7, 11) is 1.53. The number of carbonyl (C=O) groups excluding carboxylic acids is 1. The fourth-order valence-corrected chi connectivity index (χ4v) is 1.51. The van der Waals surface area contributed by atoms with Crippen molar-refractivity contribution in [3.63, 3.8) is 0 Å². The number of ether oxygens (including phenoxy) is 1. The van der Waals surface area contributed by atoms with Crippen molar-refractivity contribution in [2.45, 2.75) is 13.5 Å². The molecule has 94 valence electrons. The van der Waals surface area contributed by atoms with Crippen molar-refractivity contribution in [3.8, 4) is 5.75 Å². The Morgan fingerprint density at radius 3 is 3.00 bits per heavy atom. The lowest BCUT2D eigenvalue weighted by Gasteiger charge is -2.09. The zero-order chi connectivity index (χ0) is 13.0. The van der Waals surface area contributed by atoms with Crippen molar-refractivity contribution in [3.05, 3.63) is 35.2 Å². The smallest absolute Gasteiger partial charge is 0.255 e. The van der Waals surface area contributed by atoms with Crippen LogP contribution in [0, 0.1) is 6.92 Å². The van der Waals surface area contributed by atoms with Gasteiger partial charge in [-0.1, -0.05) is 16.8 Å². The van der Waals surface area contributed by atoms with E-state index in [0.29, 0.717) is 17.1 Å². The van der Waals surface area contributed by atoms with Crippen molar-refractivity contribution < 1.29 is 9.53 Å². The number of nitrogens with one attached hydrogen (secondary N) is 2. The molecule has 2 aromatic rings. The van der Waals surface area contributed by atoms with E-state index in [9.17, 15) is 4.79 Å². The monoisotopic (exact) mass is 247 g/mol. The van der Waals surface area contributed by atoms with Crippen LogP contribution in [0.25, 0.3) is 0 Å². The Labute approximate surface area is 104 Å². The van der Waals surface area contributed by atoms with Crippen LogP contribution in [0.3, 0.4) is 0 Å². The second kappa shape index (κ2) is 5.26. The summed E-state index contributed by atoms with van der Waals surface area (Å²) in [5, 5.41) is 15.9. The first-order valence-electron chi connectivity index (χ1n) is 5.36. The topological polar surface area (TPSA) is 92.8 Å². The number of tetrazole rings is 1. The van der Waals surface area contributed by atoms with Crippen molar-refractivity contribution in [1.82, 2.24) is 25.9 Å². The molecule has 0 aliphatic carbocycles.